The lowest BCUT2D eigenvalue weighted by Gasteiger charge is -2.29. The Labute approximate surface area is 191 Å². The molecule has 0 fully saturated rings. The van der Waals surface area contributed by atoms with Crippen LogP contribution >= 0.6 is 0 Å². The molecule has 166 valence electrons. The number of carbonyl (C=O) groups is 2. The Morgan fingerprint density at radius 3 is 2.21 bits per heavy atom. The number of benzene rings is 3. The third-order valence-electron chi connectivity index (χ3n) is 5.90. The van der Waals surface area contributed by atoms with Crippen LogP contribution in [0, 0.1) is 16.0 Å². The van der Waals surface area contributed by atoms with Gasteiger partial charge in [0.05, 0.1) is 11.5 Å². The molecule has 0 saturated carbocycles. The largest absolute Gasteiger partial charge is 0.465 e. The second-order valence-corrected chi connectivity index (χ2v) is 7.87. The van der Waals surface area contributed by atoms with E-state index in [0.29, 0.717) is 12.0 Å². The van der Waals surface area contributed by atoms with E-state index < -0.39 is 28.5 Å². The predicted octanol–water partition coefficient (Wildman–Crippen LogP) is 5.58. The number of ether oxygens (including phenoxy) is 1. The highest BCUT2D eigenvalue weighted by atomic mass is 16.6. The van der Waals surface area contributed by atoms with Crippen LogP contribution in [0.15, 0.2) is 84.9 Å². The van der Waals surface area contributed by atoms with Crippen molar-refractivity contribution in [1.29, 1.82) is 0 Å². The Balaban J connectivity index is 1.73. The van der Waals surface area contributed by atoms with Gasteiger partial charge in [-0.3, -0.25) is 19.7 Å². The lowest BCUT2D eigenvalue weighted by molar-refractivity contribution is -0.385. The second-order valence-electron chi connectivity index (χ2n) is 7.87. The quantitative estimate of drug-likeness (QED) is 0.216. The molecule has 0 aromatic heterocycles. The van der Waals surface area contributed by atoms with Crippen molar-refractivity contribution in [2.24, 2.45) is 5.92 Å². The van der Waals surface area contributed by atoms with Crippen molar-refractivity contribution in [2.75, 3.05) is 6.61 Å². The van der Waals surface area contributed by atoms with Crippen molar-refractivity contribution in [3.8, 4) is 11.1 Å². The van der Waals surface area contributed by atoms with Gasteiger partial charge in [0.1, 0.15) is 5.92 Å². The Kier molecular flexibility index (Phi) is 6.45. The zero-order valence-electron chi connectivity index (χ0n) is 18.1. The number of allylic oxidation sites excluding steroid dienone is 2. The van der Waals surface area contributed by atoms with Gasteiger partial charge in [0.2, 0.25) is 0 Å². The molecule has 0 N–H and O–H groups in total. The van der Waals surface area contributed by atoms with Gasteiger partial charge < -0.3 is 4.74 Å². The van der Waals surface area contributed by atoms with E-state index in [1.54, 1.807) is 25.1 Å². The van der Waals surface area contributed by atoms with E-state index in [9.17, 15) is 19.7 Å². The topological polar surface area (TPSA) is 86.5 Å². The highest BCUT2D eigenvalue weighted by Crippen LogP contribution is 2.43. The van der Waals surface area contributed by atoms with Gasteiger partial charge >= 0.3 is 5.97 Å². The molecule has 3 aromatic carbocycles. The number of carbonyl (C=O) groups excluding carboxylic acids is 2. The van der Waals surface area contributed by atoms with Crippen LogP contribution in [0.25, 0.3) is 16.7 Å². The van der Waals surface area contributed by atoms with Crippen LogP contribution in [0.3, 0.4) is 0 Å². The first-order chi connectivity index (χ1) is 16.0. The normalized spacial score (nSPS) is 17.8. The number of esters is 1. The second kappa shape index (κ2) is 9.61. The molecule has 0 heterocycles. The van der Waals surface area contributed by atoms with Crippen LogP contribution in [-0.4, -0.2) is 23.3 Å². The van der Waals surface area contributed by atoms with E-state index in [1.807, 2.05) is 54.6 Å². The molecule has 2 unspecified atom stereocenters. The van der Waals surface area contributed by atoms with Crippen molar-refractivity contribution in [2.45, 2.75) is 19.3 Å². The molecule has 0 saturated heterocycles. The Morgan fingerprint density at radius 2 is 1.55 bits per heavy atom. The van der Waals surface area contributed by atoms with E-state index >= 15 is 0 Å². The monoisotopic (exact) mass is 441 g/mol. The third-order valence-corrected chi connectivity index (χ3v) is 5.90. The van der Waals surface area contributed by atoms with Gasteiger partial charge in [-0.25, -0.2) is 0 Å². The number of nitrogens with zero attached hydrogens (tertiary/aromatic N) is 1. The van der Waals surface area contributed by atoms with Crippen molar-refractivity contribution in [1.82, 2.24) is 0 Å². The third kappa shape index (κ3) is 4.60. The molecule has 0 spiro atoms. The van der Waals surface area contributed by atoms with Crippen LogP contribution < -0.4 is 0 Å². The average Bonchev–Trinajstić information content (AvgIpc) is 2.84. The molecule has 33 heavy (non-hydrogen) atoms. The van der Waals surface area contributed by atoms with Gasteiger partial charge in [0.15, 0.2) is 5.78 Å². The number of nitro benzene ring substituents is 1. The summed E-state index contributed by atoms with van der Waals surface area (Å²) in [5.41, 5.74) is 3.96. The lowest BCUT2D eigenvalue weighted by atomic mass is 9.73. The van der Waals surface area contributed by atoms with Crippen LogP contribution in [0.5, 0.6) is 0 Å². The van der Waals surface area contributed by atoms with Crippen molar-refractivity contribution in [3.63, 3.8) is 0 Å². The molecule has 6 nitrogen and oxygen atoms in total. The Bertz CT molecular complexity index is 1210. The van der Waals surface area contributed by atoms with E-state index in [2.05, 4.69) is 0 Å². The number of para-hydroxylation sites is 1. The van der Waals surface area contributed by atoms with Crippen LogP contribution in [0.2, 0.25) is 0 Å². The highest BCUT2D eigenvalue weighted by Gasteiger charge is 2.42. The van der Waals surface area contributed by atoms with Gasteiger partial charge in [-0.15, -0.1) is 0 Å². The van der Waals surface area contributed by atoms with E-state index in [0.717, 1.165) is 22.3 Å². The number of rotatable bonds is 6. The lowest BCUT2D eigenvalue weighted by Crippen LogP contribution is -2.34. The molecule has 0 amide bonds. The van der Waals surface area contributed by atoms with Crippen molar-refractivity contribution < 1.29 is 19.2 Å². The molecule has 0 aliphatic heterocycles. The van der Waals surface area contributed by atoms with Gasteiger partial charge in [0, 0.05) is 17.5 Å². The van der Waals surface area contributed by atoms with E-state index in [-0.39, 0.29) is 12.3 Å². The predicted molar refractivity (Wildman–Crippen MR) is 125 cm³/mol. The average molecular weight is 441 g/mol. The van der Waals surface area contributed by atoms with Gasteiger partial charge in [-0.1, -0.05) is 72.8 Å². The molecule has 0 bridgehead atoms. The van der Waals surface area contributed by atoms with Crippen molar-refractivity contribution in [3.05, 3.63) is 106 Å². The number of hydrogen-bond acceptors (Lipinski definition) is 5. The van der Waals surface area contributed by atoms with Gasteiger partial charge in [-0.2, -0.15) is 0 Å². The van der Waals surface area contributed by atoms with Gasteiger partial charge in [-0.05, 0) is 41.7 Å². The molecule has 3 aromatic rings. The fourth-order valence-electron chi connectivity index (χ4n) is 4.35. The fraction of sp³-hybridized carbons (Fsp3) is 0.185. The standard InChI is InChI=1S/C27H23NO5/c1-2-33-27(30)26-23(22-10-6-7-11-24(22)28(31)32)16-21(17-25(26)29)20-14-12-19(13-15-20)18-8-4-3-5-9-18/h3-15,17,23,26H,2,16H2,1H3. The molecular weight excluding hydrogens is 418 g/mol. The maximum atomic E-state index is 13.1. The SMILES string of the molecule is CCOC(=O)C1C(=O)C=C(c2ccc(-c3ccccc3)cc2)CC1c1ccccc1[N+](=O)[O-]. The molecule has 4 rings (SSSR count). The zero-order chi connectivity index (χ0) is 23.4. The maximum absolute atomic E-state index is 13.1. The number of hydrogen-bond donors (Lipinski definition) is 0. The molecule has 0 radical (unpaired) electrons. The van der Waals surface area contributed by atoms with E-state index in [1.165, 1.54) is 12.1 Å². The van der Waals surface area contributed by atoms with Crippen molar-refractivity contribution >= 4 is 23.0 Å². The Hall–Kier alpha value is -4.06. The first-order valence-corrected chi connectivity index (χ1v) is 10.8. The highest BCUT2D eigenvalue weighted by molar-refractivity contribution is 6.10. The zero-order valence-corrected chi connectivity index (χ0v) is 18.1. The minimum absolute atomic E-state index is 0.106. The molecule has 1 aliphatic carbocycles. The molecule has 2 atom stereocenters. The summed E-state index contributed by atoms with van der Waals surface area (Å²) in [6.45, 7) is 1.80. The Morgan fingerprint density at radius 1 is 0.939 bits per heavy atom. The smallest absolute Gasteiger partial charge is 0.317 e. The summed E-state index contributed by atoms with van der Waals surface area (Å²) in [6.07, 6.45) is 1.79. The molecule has 1 aliphatic rings. The summed E-state index contributed by atoms with van der Waals surface area (Å²) >= 11 is 0. The van der Waals surface area contributed by atoms with Gasteiger partial charge in [0.25, 0.3) is 5.69 Å². The molecular formula is C27H23NO5. The summed E-state index contributed by atoms with van der Waals surface area (Å²) in [6, 6.07) is 24.0. The maximum Gasteiger partial charge on any atom is 0.317 e. The number of ketones is 1. The minimum Gasteiger partial charge on any atom is -0.465 e. The summed E-state index contributed by atoms with van der Waals surface area (Å²) in [4.78, 5) is 37.0. The summed E-state index contributed by atoms with van der Waals surface area (Å²) < 4.78 is 5.15. The summed E-state index contributed by atoms with van der Waals surface area (Å²) in [7, 11) is 0. The first-order valence-electron chi connectivity index (χ1n) is 10.8. The van der Waals surface area contributed by atoms with Crippen LogP contribution in [-0.2, 0) is 14.3 Å². The first kappa shape index (κ1) is 22.1. The minimum atomic E-state index is -1.11. The number of nitro groups is 1. The fourth-order valence-corrected chi connectivity index (χ4v) is 4.35. The summed E-state index contributed by atoms with van der Waals surface area (Å²) in [5, 5.41) is 11.7. The van der Waals surface area contributed by atoms with Crippen LogP contribution in [0.4, 0.5) is 5.69 Å². The van der Waals surface area contributed by atoms with E-state index in [4.69, 9.17) is 4.74 Å². The van der Waals surface area contributed by atoms with Crippen LogP contribution in [0.1, 0.15) is 30.4 Å². The molecule has 6 heteroatoms. The summed E-state index contributed by atoms with van der Waals surface area (Å²) in [5.74, 6) is -2.85.